The van der Waals surface area contributed by atoms with Crippen LogP contribution in [-0.2, 0) is 6.42 Å². The van der Waals surface area contributed by atoms with Crippen LogP contribution in [-0.4, -0.2) is 37.1 Å². The van der Waals surface area contributed by atoms with Crippen LogP contribution >= 0.6 is 21.6 Å². The average Bonchev–Trinajstić information content (AvgIpc) is 2.40. The Morgan fingerprint density at radius 1 is 0.962 bits per heavy atom. The second-order valence-electron chi connectivity index (χ2n) is 9.39. The van der Waals surface area contributed by atoms with Crippen LogP contribution in [0.2, 0.25) is 39.3 Å². The fourth-order valence-corrected chi connectivity index (χ4v) is 5.77. The van der Waals surface area contributed by atoms with E-state index in [-0.39, 0.29) is 0 Å². The van der Waals surface area contributed by atoms with Gasteiger partial charge in [-0.2, -0.15) is 4.98 Å². The predicted octanol–water partition coefficient (Wildman–Crippen LogP) is 6.41. The minimum Gasteiger partial charge on any atom is -0.531 e. The van der Waals surface area contributed by atoms with E-state index in [0.717, 1.165) is 24.3 Å². The first kappa shape index (κ1) is 23.9. The molecule has 0 N–H and O–H groups in total. The molecule has 0 aliphatic heterocycles. The zero-order valence-electron chi connectivity index (χ0n) is 17.9. The Kier molecular flexibility index (Phi) is 9.03. The van der Waals surface area contributed by atoms with E-state index >= 15 is 0 Å². The Hall–Kier alpha value is -0.186. The molecule has 0 saturated heterocycles. The molecule has 150 valence electrons. The van der Waals surface area contributed by atoms with Crippen molar-refractivity contribution in [2.24, 2.45) is 0 Å². The Morgan fingerprint density at radius 3 is 2.12 bits per heavy atom. The molecule has 1 aromatic heterocycles. The quantitative estimate of drug-likeness (QED) is 0.242. The maximum Gasteiger partial charge on any atom is 0.305 e. The van der Waals surface area contributed by atoms with Gasteiger partial charge in [-0.3, -0.25) is 0 Å². The van der Waals surface area contributed by atoms with Gasteiger partial charge in [-0.05, 0) is 58.5 Å². The summed E-state index contributed by atoms with van der Waals surface area (Å²) < 4.78 is 12.5. The summed E-state index contributed by atoms with van der Waals surface area (Å²) in [6, 6.07) is 0.457. The van der Waals surface area contributed by atoms with Crippen molar-refractivity contribution < 1.29 is 8.85 Å². The number of aryl methyl sites for hydroxylation is 1. The normalized spacial score (nSPS) is 13.0. The van der Waals surface area contributed by atoms with Crippen molar-refractivity contribution in [2.75, 3.05) is 5.75 Å². The largest absolute Gasteiger partial charge is 0.531 e. The number of hydrogen-bond donors (Lipinski definition) is 0. The summed E-state index contributed by atoms with van der Waals surface area (Å²) in [7, 11) is 0.461. The fraction of sp³-hybridized carbons (Fsp3) is 0.778. The third-order valence-electron chi connectivity index (χ3n) is 2.84. The number of aromatic nitrogens is 2. The Balaban J connectivity index is 2.67. The number of hydrogen-bond acceptors (Lipinski definition) is 6. The predicted molar refractivity (Wildman–Crippen MR) is 123 cm³/mol. The maximum atomic E-state index is 6.22. The Labute approximate surface area is 170 Å². The van der Waals surface area contributed by atoms with Gasteiger partial charge in [0.2, 0.25) is 22.5 Å². The lowest BCUT2D eigenvalue weighted by Crippen LogP contribution is -2.32. The highest BCUT2D eigenvalue weighted by Gasteiger charge is 2.23. The number of rotatable bonds is 10. The molecule has 0 spiro atoms. The van der Waals surface area contributed by atoms with Gasteiger partial charge >= 0.3 is 6.01 Å². The highest BCUT2D eigenvalue weighted by Crippen LogP contribution is 2.35. The summed E-state index contributed by atoms with van der Waals surface area (Å²) in [6.07, 6.45) is 5.16. The summed E-state index contributed by atoms with van der Waals surface area (Å²) in [5.41, 5.74) is 1.10. The molecule has 0 amide bonds. The van der Waals surface area contributed by atoms with Crippen LogP contribution in [0.4, 0.5) is 0 Å². The molecule has 8 heteroatoms. The van der Waals surface area contributed by atoms with Gasteiger partial charge in [0.1, 0.15) is 0 Å². The van der Waals surface area contributed by atoms with Crippen LogP contribution in [0.1, 0.15) is 39.2 Å². The molecule has 0 saturated carbocycles. The molecule has 0 atom stereocenters. The molecular formula is C18H36N2O2S2Si2. The first-order chi connectivity index (χ1) is 11.8. The lowest BCUT2D eigenvalue weighted by Gasteiger charge is -2.22. The van der Waals surface area contributed by atoms with E-state index in [1.807, 2.05) is 27.8 Å². The first-order valence-electron chi connectivity index (χ1n) is 9.30. The SMILES string of the molecule is CC(C)(C)SSCCCCc1cnc(O[Si](C)(C)C)nc1O[Si](C)(C)C. The van der Waals surface area contributed by atoms with Crippen LogP contribution in [0.15, 0.2) is 6.20 Å². The van der Waals surface area contributed by atoms with E-state index in [9.17, 15) is 0 Å². The average molecular weight is 433 g/mol. The second-order valence-corrected chi connectivity index (χ2v) is 21.5. The van der Waals surface area contributed by atoms with Gasteiger partial charge in [-0.1, -0.05) is 42.4 Å². The van der Waals surface area contributed by atoms with Gasteiger partial charge in [0, 0.05) is 22.3 Å². The molecule has 0 aliphatic carbocycles. The van der Waals surface area contributed by atoms with Gasteiger partial charge in [-0.15, -0.1) is 0 Å². The Bertz CT molecular complexity index is 568. The lowest BCUT2D eigenvalue weighted by molar-refractivity contribution is 0.469. The van der Waals surface area contributed by atoms with Crippen LogP contribution < -0.4 is 8.85 Å². The van der Waals surface area contributed by atoms with Crippen LogP contribution in [0.3, 0.4) is 0 Å². The van der Waals surface area contributed by atoms with E-state index in [2.05, 4.69) is 70.0 Å². The third-order valence-corrected chi connectivity index (χ3v) is 7.86. The van der Waals surface area contributed by atoms with Crippen molar-refractivity contribution in [3.63, 3.8) is 0 Å². The maximum absolute atomic E-state index is 6.22. The summed E-state index contributed by atoms with van der Waals surface area (Å²) >= 11 is 0. The zero-order valence-corrected chi connectivity index (χ0v) is 21.6. The summed E-state index contributed by atoms with van der Waals surface area (Å²) in [6.45, 7) is 19.7. The molecule has 4 nitrogen and oxygen atoms in total. The van der Waals surface area contributed by atoms with Gasteiger partial charge in [-0.25, -0.2) is 4.98 Å². The van der Waals surface area contributed by atoms with Crippen molar-refractivity contribution >= 4 is 38.2 Å². The summed E-state index contributed by atoms with van der Waals surface area (Å²) in [5, 5.41) is 0. The van der Waals surface area contributed by atoms with Crippen molar-refractivity contribution in [2.45, 2.75) is 84.1 Å². The molecule has 1 rings (SSSR count). The van der Waals surface area contributed by atoms with Crippen LogP contribution in [0.25, 0.3) is 0 Å². The number of unbranched alkanes of at least 4 members (excludes halogenated alkanes) is 1. The molecule has 1 heterocycles. The summed E-state index contributed by atoms with van der Waals surface area (Å²) in [5.74, 6) is 1.90. The fourth-order valence-electron chi connectivity index (χ4n) is 1.94. The first-order valence-corrected chi connectivity index (χ1v) is 18.4. The molecular weight excluding hydrogens is 397 g/mol. The second kappa shape index (κ2) is 9.84. The Morgan fingerprint density at radius 2 is 1.58 bits per heavy atom. The minimum atomic E-state index is -1.73. The lowest BCUT2D eigenvalue weighted by atomic mass is 10.1. The van der Waals surface area contributed by atoms with Crippen molar-refractivity contribution in [1.82, 2.24) is 9.97 Å². The number of nitrogens with zero attached hydrogens (tertiary/aromatic N) is 2. The molecule has 0 unspecified atom stereocenters. The monoisotopic (exact) mass is 432 g/mol. The van der Waals surface area contributed by atoms with Crippen molar-refractivity contribution in [3.8, 4) is 11.9 Å². The van der Waals surface area contributed by atoms with E-state index in [4.69, 9.17) is 8.85 Å². The highest BCUT2D eigenvalue weighted by molar-refractivity contribution is 8.77. The minimum absolute atomic E-state index is 0.322. The molecule has 0 aromatic carbocycles. The molecule has 0 aliphatic rings. The van der Waals surface area contributed by atoms with Crippen molar-refractivity contribution in [3.05, 3.63) is 11.8 Å². The van der Waals surface area contributed by atoms with Gasteiger partial charge in [0.25, 0.3) is 0 Å². The molecule has 0 bridgehead atoms. The molecule has 0 fully saturated rings. The van der Waals surface area contributed by atoms with E-state index in [1.54, 1.807) is 0 Å². The molecule has 26 heavy (non-hydrogen) atoms. The standard InChI is InChI=1S/C18H36N2O2S2Si2/c1-18(2,3)24-23-13-11-10-12-15-14-19-17(22-26(7,8)9)20-16(15)21-25(4,5)6/h14H,10-13H2,1-9H3. The van der Waals surface area contributed by atoms with Gasteiger partial charge in [0.05, 0.1) is 0 Å². The van der Waals surface area contributed by atoms with Gasteiger partial charge < -0.3 is 8.85 Å². The van der Waals surface area contributed by atoms with Crippen LogP contribution in [0.5, 0.6) is 11.9 Å². The smallest absolute Gasteiger partial charge is 0.305 e. The van der Waals surface area contributed by atoms with Gasteiger partial charge in [0.15, 0.2) is 0 Å². The van der Waals surface area contributed by atoms with E-state index in [1.165, 1.54) is 12.2 Å². The summed E-state index contributed by atoms with van der Waals surface area (Å²) in [4.78, 5) is 9.02. The topological polar surface area (TPSA) is 44.2 Å². The zero-order chi connectivity index (χ0) is 20.0. The van der Waals surface area contributed by atoms with Crippen LogP contribution in [0, 0.1) is 0 Å². The van der Waals surface area contributed by atoms with E-state index in [0.29, 0.717) is 10.8 Å². The molecule has 1 aromatic rings. The van der Waals surface area contributed by atoms with Crippen molar-refractivity contribution in [1.29, 1.82) is 0 Å². The van der Waals surface area contributed by atoms with E-state index < -0.39 is 16.6 Å². The third kappa shape index (κ3) is 11.5. The molecule has 0 radical (unpaired) electrons. The highest BCUT2D eigenvalue weighted by atomic mass is 33.1.